The van der Waals surface area contributed by atoms with Crippen molar-refractivity contribution in [3.63, 3.8) is 0 Å². The number of fused-ring (bicyclic) bond motifs is 1. The number of rotatable bonds is 0. The van der Waals surface area contributed by atoms with Crippen LogP contribution in [0.3, 0.4) is 0 Å². The Balaban J connectivity index is 2.66. The van der Waals surface area contributed by atoms with Crippen molar-refractivity contribution in [3.05, 3.63) is 33.5 Å². The van der Waals surface area contributed by atoms with Crippen LogP contribution < -0.4 is 5.32 Å². The molecule has 0 fully saturated rings. The summed E-state index contributed by atoms with van der Waals surface area (Å²) < 4.78 is 1.25. The summed E-state index contributed by atoms with van der Waals surface area (Å²) in [6.07, 6.45) is 4.90. The number of hydrogen-bond acceptors (Lipinski definition) is 1. The van der Waals surface area contributed by atoms with E-state index in [-0.39, 0.29) is 0 Å². The highest BCUT2D eigenvalue weighted by Crippen LogP contribution is 2.27. The fraction of sp³-hybridized carbons (Fsp3) is 0. The maximum atomic E-state index is 3.06. The molecule has 0 radical (unpaired) electrons. The van der Waals surface area contributed by atoms with Gasteiger partial charge in [-0.25, -0.2) is 0 Å². The van der Waals surface area contributed by atoms with Gasteiger partial charge in [0.25, 0.3) is 0 Å². The fourth-order valence-electron chi connectivity index (χ4n) is 0.979. The van der Waals surface area contributed by atoms with Crippen molar-refractivity contribution >= 4 is 34.4 Å². The van der Waals surface area contributed by atoms with E-state index in [0.29, 0.717) is 0 Å². The van der Waals surface area contributed by atoms with Crippen LogP contribution in [-0.2, 0) is 0 Å². The second-order valence-electron chi connectivity index (χ2n) is 2.12. The second kappa shape index (κ2) is 2.22. The minimum Gasteiger partial charge on any atom is -0.196 e. The summed E-state index contributed by atoms with van der Waals surface area (Å²) in [5, 5.41) is 3.06. The van der Waals surface area contributed by atoms with Gasteiger partial charge in [-0.2, -0.15) is 5.32 Å². The Morgan fingerprint density at radius 3 is 3.10 bits per heavy atom. The van der Waals surface area contributed by atoms with Gasteiger partial charge in [-0.1, -0.05) is 0 Å². The van der Waals surface area contributed by atoms with Crippen LogP contribution in [0.1, 0.15) is 5.56 Å². The van der Waals surface area contributed by atoms with E-state index in [9.17, 15) is 0 Å². The van der Waals surface area contributed by atoms with Crippen molar-refractivity contribution in [2.45, 2.75) is 0 Å². The van der Waals surface area contributed by atoms with Crippen LogP contribution in [0.4, 0.5) is 5.69 Å². The van der Waals surface area contributed by atoms with Crippen molar-refractivity contribution in [1.29, 1.82) is 0 Å². The largest absolute Gasteiger partial charge is 0.211 e. The maximum absolute atomic E-state index is 3.06. The molecule has 0 amide bonds. The summed E-state index contributed by atoms with van der Waals surface area (Å²) in [5.74, 6) is 0. The Kier molecular flexibility index (Phi) is 1.36. The quantitative estimate of drug-likeness (QED) is 0.544. The molecule has 2 heteroatoms. The minimum atomic E-state index is 1.18. The third-order valence-electron chi connectivity index (χ3n) is 1.47. The Hall–Kier alpha value is -0.600. The van der Waals surface area contributed by atoms with E-state index in [1.54, 1.807) is 0 Å². The van der Waals surface area contributed by atoms with E-state index >= 15 is 0 Å². The monoisotopic (exact) mass is 242 g/mol. The van der Waals surface area contributed by atoms with Crippen molar-refractivity contribution in [2.75, 3.05) is 5.32 Å². The van der Waals surface area contributed by atoms with Crippen LogP contribution in [0, 0.1) is 9.77 Å². The molecule has 10 heavy (non-hydrogen) atoms. The summed E-state index contributed by atoms with van der Waals surface area (Å²) in [6.45, 7) is 0. The molecule has 2 rings (SSSR count). The van der Waals surface area contributed by atoms with Gasteiger partial charge in [0.15, 0.2) is 5.56 Å². The number of nitrogens with one attached hydrogen (secondary N) is 1. The molecule has 0 unspecified atom stereocenters. The SMILES string of the molecule is Ic1cccc2c1N[C+]=C2. The first kappa shape index (κ1) is 6.13. The number of halogens is 1. The van der Waals surface area contributed by atoms with Gasteiger partial charge in [0.1, 0.15) is 15.8 Å². The molecule has 0 aromatic heterocycles. The molecule has 0 aliphatic carbocycles. The first-order chi connectivity index (χ1) is 4.88. The predicted molar refractivity (Wildman–Crippen MR) is 50.5 cm³/mol. The topological polar surface area (TPSA) is 12.0 Å². The Morgan fingerprint density at radius 2 is 2.30 bits per heavy atom. The van der Waals surface area contributed by atoms with Crippen molar-refractivity contribution < 1.29 is 0 Å². The molecule has 0 saturated carbocycles. The minimum absolute atomic E-state index is 1.18. The highest BCUT2D eigenvalue weighted by Gasteiger charge is 2.18. The van der Waals surface area contributed by atoms with E-state index in [2.05, 4.69) is 46.2 Å². The van der Waals surface area contributed by atoms with Gasteiger partial charge in [0, 0.05) is 6.07 Å². The first-order valence-electron chi connectivity index (χ1n) is 3.01. The molecule has 0 spiro atoms. The second-order valence-corrected chi connectivity index (χ2v) is 3.28. The molecular formula is C8H5IN+. The summed E-state index contributed by atoms with van der Waals surface area (Å²) >= 11 is 2.30. The lowest BCUT2D eigenvalue weighted by atomic mass is 10.2. The number of hydrogen-bond donors (Lipinski definition) is 1. The van der Waals surface area contributed by atoms with Crippen LogP contribution in [0.25, 0.3) is 6.08 Å². The Morgan fingerprint density at radius 1 is 1.40 bits per heavy atom. The number of anilines is 1. The Bertz CT molecular complexity index is 291. The summed E-state index contributed by atoms with van der Waals surface area (Å²) in [4.78, 5) is 0. The Labute approximate surface area is 73.3 Å². The van der Waals surface area contributed by atoms with E-state index in [4.69, 9.17) is 0 Å². The van der Waals surface area contributed by atoms with Gasteiger partial charge in [0.2, 0.25) is 5.69 Å². The molecule has 1 aromatic rings. The van der Waals surface area contributed by atoms with E-state index in [1.165, 1.54) is 14.8 Å². The van der Waals surface area contributed by atoms with Crippen LogP contribution in [0.15, 0.2) is 18.2 Å². The first-order valence-corrected chi connectivity index (χ1v) is 4.09. The van der Waals surface area contributed by atoms with Gasteiger partial charge in [0.05, 0.1) is 0 Å². The lowest BCUT2D eigenvalue weighted by Crippen LogP contribution is -1.86. The zero-order valence-electron chi connectivity index (χ0n) is 5.19. The molecule has 1 N–H and O–H groups in total. The summed E-state index contributed by atoms with van der Waals surface area (Å²) in [7, 11) is 0. The molecule has 1 aromatic carbocycles. The highest BCUT2D eigenvalue weighted by atomic mass is 127. The van der Waals surface area contributed by atoms with E-state index in [0.717, 1.165) is 0 Å². The van der Waals surface area contributed by atoms with Gasteiger partial charge in [-0.15, -0.1) is 0 Å². The van der Waals surface area contributed by atoms with Crippen molar-refractivity contribution in [3.8, 4) is 0 Å². The highest BCUT2D eigenvalue weighted by molar-refractivity contribution is 14.1. The zero-order chi connectivity index (χ0) is 6.97. The molecule has 1 aliphatic rings. The molecule has 0 atom stereocenters. The van der Waals surface area contributed by atoms with Crippen LogP contribution in [0.5, 0.6) is 0 Å². The van der Waals surface area contributed by atoms with Gasteiger partial charge < -0.3 is 0 Å². The summed E-state index contributed by atoms with van der Waals surface area (Å²) in [5.41, 5.74) is 2.41. The molecule has 48 valence electrons. The van der Waals surface area contributed by atoms with Crippen LogP contribution >= 0.6 is 22.6 Å². The molecular weight excluding hydrogens is 237 g/mol. The molecule has 0 saturated heterocycles. The smallest absolute Gasteiger partial charge is 0.196 e. The average molecular weight is 242 g/mol. The maximum Gasteiger partial charge on any atom is 0.211 e. The molecule has 1 heterocycles. The van der Waals surface area contributed by atoms with E-state index in [1.807, 2.05) is 12.1 Å². The van der Waals surface area contributed by atoms with Crippen LogP contribution in [0.2, 0.25) is 0 Å². The van der Waals surface area contributed by atoms with Crippen molar-refractivity contribution in [1.82, 2.24) is 0 Å². The van der Waals surface area contributed by atoms with Crippen LogP contribution in [-0.4, -0.2) is 0 Å². The standard InChI is InChI=1S/C8H5IN/c9-7-3-1-2-6-4-5-10-8(6)7/h1-4,10H/q+1. The number of benzene rings is 1. The van der Waals surface area contributed by atoms with Gasteiger partial charge in [-0.3, -0.25) is 0 Å². The predicted octanol–water partition coefficient (Wildman–Crippen LogP) is 2.49. The molecule has 1 nitrogen and oxygen atoms in total. The van der Waals surface area contributed by atoms with Crippen molar-refractivity contribution in [2.24, 2.45) is 0 Å². The fourth-order valence-corrected chi connectivity index (χ4v) is 1.63. The average Bonchev–Trinajstić information content (AvgIpc) is 2.36. The lowest BCUT2D eigenvalue weighted by Gasteiger charge is -1.89. The van der Waals surface area contributed by atoms with Gasteiger partial charge >= 0.3 is 0 Å². The lowest BCUT2D eigenvalue weighted by molar-refractivity contribution is 1.56. The van der Waals surface area contributed by atoms with Gasteiger partial charge in [-0.05, 0) is 34.7 Å². The zero-order valence-corrected chi connectivity index (χ0v) is 7.34. The normalized spacial score (nSPS) is 12.1. The summed E-state index contributed by atoms with van der Waals surface area (Å²) in [6, 6.07) is 6.20. The molecule has 1 aliphatic heterocycles. The molecule has 0 bridgehead atoms. The number of para-hydroxylation sites is 1. The third kappa shape index (κ3) is 0.805. The van der Waals surface area contributed by atoms with E-state index < -0.39 is 0 Å². The third-order valence-corrected chi connectivity index (χ3v) is 2.37.